The van der Waals surface area contributed by atoms with E-state index in [4.69, 9.17) is 5.73 Å². The van der Waals surface area contributed by atoms with E-state index in [9.17, 15) is 9.59 Å². The van der Waals surface area contributed by atoms with Crippen molar-refractivity contribution >= 4 is 39.2 Å². The molecule has 1 unspecified atom stereocenters. The number of amides is 3. The van der Waals surface area contributed by atoms with Crippen molar-refractivity contribution in [2.75, 3.05) is 7.05 Å². The van der Waals surface area contributed by atoms with Gasteiger partial charge in [-0.3, -0.25) is 15.0 Å². The van der Waals surface area contributed by atoms with Crippen LogP contribution in [0.1, 0.15) is 12.5 Å². The van der Waals surface area contributed by atoms with Crippen LogP contribution in [0.3, 0.4) is 0 Å². The van der Waals surface area contributed by atoms with Crippen molar-refractivity contribution in [2.24, 2.45) is 5.73 Å². The second kappa shape index (κ2) is 6.13. The molecule has 0 aromatic carbocycles. The second-order valence-corrected chi connectivity index (χ2v) is 5.99. The summed E-state index contributed by atoms with van der Waals surface area (Å²) < 4.78 is 1.05. The number of halogens is 1. The van der Waals surface area contributed by atoms with Gasteiger partial charge in [0.2, 0.25) is 5.91 Å². The summed E-state index contributed by atoms with van der Waals surface area (Å²) in [5.41, 5.74) is 6.01. The lowest BCUT2D eigenvalue weighted by Gasteiger charge is -2.22. The molecule has 0 spiro atoms. The largest absolute Gasteiger partial charge is 0.351 e. The summed E-state index contributed by atoms with van der Waals surface area (Å²) in [4.78, 5) is 23.9. The Morgan fingerprint density at radius 3 is 2.76 bits per heavy atom. The van der Waals surface area contributed by atoms with Crippen molar-refractivity contribution in [3.63, 3.8) is 0 Å². The molecule has 0 bridgehead atoms. The summed E-state index contributed by atoms with van der Waals surface area (Å²) >= 11 is 4.97. The Bertz CT molecular complexity index is 421. The van der Waals surface area contributed by atoms with Gasteiger partial charge in [-0.05, 0) is 46.9 Å². The topological polar surface area (TPSA) is 75.4 Å². The SMILES string of the molecule is CC(C(=O)NC(N)=O)N(C)Cc1csc(Br)c1. The minimum atomic E-state index is -0.825. The molecule has 5 nitrogen and oxygen atoms in total. The monoisotopic (exact) mass is 319 g/mol. The summed E-state index contributed by atoms with van der Waals surface area (Å²) in [6, 6.07) is 0.759. The molecule has 17 heavy (non-hydrogen) atoms. The first-order valence-electron chi connectivity index (χ1n) is 4.93. The number of carbonyl (C=O) groups is 2. The summed E-state index contributed by atoms with van der Waals surface area (Å²) in [6.45, 7) is 2.36. The predicted octanol–water partition coefficient (Wildman–Crippen LogP) is 1.53. The van der Waals surface area contributed by atoms with Crippen LogP contribution in [-0.4, -0.2) is 29.9 Å². The molecule has 1 atom stereocenters. The van der Waals surface area contributed by atoms with Crippen LogP contribution in [0, 0.1) is 0 Å². The number of hydrogen-bond donors (Lipinski definition) is 2. The van der Waals surface area contributed by atoms with Crippen molar-refractivity contribution < 1.29 is 9.59 Å². The lowest BCUT2D eigenvalue weighted by molar-refractivity contribution is -0.124. The number of nitrogens with one attached hydrogen (secondary N) is 1. The maximum Gasteiger partial charge on any atom is 0.318 e. The summed E-state index contributed by atoms with van der Waals surface area (Å²) in [5.74, 6) is -0.394. The van der Waals surface area contributed by atoms with E-state index in [1.54, 1.807) is 18.3 Å². The standard InChI is InChI=1S/C10H14BrN3O2S/c1-6(9(15)13-10(12)16)14(2)4-7-3-8(11)17-5-7/h3,5-6H,4H2,1-2H3,(H3,12,13,15,16). The molecule has 0 aliphatic rings. The Morgan fingerprint density at radius 2 is 2.29 bits per heavy atom. The Kier molecular flexibility index (Phi) is 5.10. The number of likely N-dealkylation sites (N-methyl/N-ethyl adjacent to an activating group) is 1. The Morgan fingerprint density at radius 1 is 1.65 bits per heavy atom. The Hall–Kier alpha value is -0.920. The highest BCUT2D eigenvalue weighted by molar-refractivity contribution is 9.11. The number of primary amides is 1. The number of hydrogen-bond acceptors (Lipinski definition) is 4. The van der Waals surface area contributed by atoms with E-state index in [0.29, 0.717) is 6.54 Å². The highest BCUT2D eigenvalue weighted by atomic mass is 79.9. The van der Waals surface area contributed by atoms with Crippen LogP contribution in [-0.2, 0) is 11.3 Å². The Balaban J connectivity index is 2.54. The lowest BCUT2D eigenvalue weighted by Crippen LogP contribution is -2.46. The van der Waals surface area contributed by atoms with Crippen LogP contribution in [0.2, 0.25) is 0 Å². The summed E-state index contributed by atoms with van der Waals surface area (Å²) in [6.07, 6.45) is 0. The molecular formula is C10H14BrN3O2S. The van der Waals surface area contributed by atoms with E-state index in [2.05, 4.69) is 21.2 Å². The van der Waals surface area contributed by atoms with Gasteiger partial charge in [0.25, 0.3) is 0 Å². The van der Waals surface area contributed by atoms with Gasteiger partial charge in [-0.15, -0.1) is 11.3 Å². The maximum absolute atomic E-state index is 11.5. The minimum Gasteiger partial charge on any atom is -0.351 e. The molecule has 0 saturated carbocycles. The van der Waals surface area contributed by atoms with Gasteiger partial charge in [-0.1, -0.05) is 0 Å². The van der Waals surface area contributed by atoms with Crippen LogP contribution in [0.4, 0.5) is 4.79 Å². The van der Waals surface area contributed by atoms with Gasteiger partial charge in [-0.2, -0.15) is 0 Å². The molecule has 1 rings (SSSR count). The molecule has 0 fully saturated rings. The van der Waals surface area contributed by atoms with Crippen molar-refractivity contribution in [3.05, 3.63) is 20.8 Å². The molecule has 3 amide bonds. The average molecular weight is 320 g/mol. The summed E-state index contributed by atoms with van der Waals surface area (Å²) in [5, 5.41) is 4.08. The van der Waals surface area contributed by atoms with E-state index >= 15 is 0 Å². The van der Waals surface area contributed by atoms with E-state index in [1.807, 2.05) is 23.4 Å². The van der Waals surface area contributed by atoms with Crippen molar-refractivity contribution in [1.29, 1.82) is 0 Å². The van der Waals surface area contributed by atoms with Crippen molar-refractivity contribution in [1.82, 2.24) is 10.2 Å². The van der Waals surface area contributed by atoms with Gasteiger partial charge in [0.15, 0.2) is 0 Å². The molecule has 1 aromatic heterocycles. The van der Waals surface area contributed by atoms with Gasteiger partial charge < -0.3 is 5.73 Å². The van der Waals surface area contributed by atoms with E-state index in [1.165, 1.54) is 0 Å². The van der Waals surface area contributed by atoms with Gasteiger partial charge in [0, 0.05) is 6.54 Å². The number of urea groups is 1. The molecule has 7 heteroatoms. The number of thiophene rings is 1. The third-order valence-corrected chi connectivity index (χ3v) is 3.89. The van der Waals surface area contributed by atoms with Gasteiger partial charge in [0.1, 0.15) is 0 Å². The first-order valence-corrected chi connectivity index (χ1v) is 6.61. The van der Waals surface area contributed by atoms with Crippen molar-refractivity contribution in [3.8, 4) is 0 Å². The molecule has 0 saturated heterocycles. The number of rotatable bonds is 4. The van der Waals surface area contributed by atoms with Gasteiger partial charge in [0.05, 0.1) is 9.83 Å². The third kappa shape index (κ3) is 4.45. The molecule has 1 heterocycles. The normalized spacial score (nSPS) is 12.5. The molecule has 1 aromatic rings. The fourth-order valence-electron chi connectivity index (χ4n) is 1.28. The zero-order chi connectivity index (χ0) is 13.0. The minimum absolute atomic E-state index is 0.394. The first-order chi connectivity index (χ1) is 7.90. The highest BCUT2D eigenvalue weighted by Gasteiger charge is 2.19. The fourth-order valence-corrected chi connectivity index (χ4v) is 2.48. The molecule has 0 radical (unpaired) electrons. The average Bonchev–Trinajstić information content (AvgIpc) is 2.61. The maximum atomic E-state index is 11.5. The number of imide groups is 1. The van der Waals surface area contributed by atoms with Crippen LogP contribution in [0.5, 0.6) is 0 Å². The molecular weight excluding hydrogens is 306 g/mol. The van der Waals surface area contributed by atoms with E-state index in [0.717, 1.165) is 9.35 Å². The quantitative estimate of drug-likeness (QED) is 0.883. The fraction of sp³-hybridized carbons (Fsp3) is 0.400. The molecule has 0 aliphatic heterocycles. The zero-order valence-electron chi connectivity index (χ0n) is 9.57. The van der Waals surface area contributed by atoms with Crippen LogP contribution in [0.15, 0.2) is 15.2 Å². The lowest BCUT2D eigenvalue weighted by atomic mass is 10.2. The molecule has 0 aliphatic carbocycles. The van der Waals surface area contributed by atoms with E-state index < -0.39 is 18.0 Å². The van der Waals surface area contributed by atoms with Crippen LogP contribution >= 0.6 is 27.3 Å². The first kappa shape index (κ1) is 14.1. The highest BCUT2D eigenvalue weighted by Crippen LogP contribution is 2.21. The third-order valence-electron chi connectivity index (χ3n) is 2.34. The smallest absolute Gasteiger partial charge is 0.318 e. The zero-order valence-corrected chi connectivity index (χ0v) is 12.0. The second-order valence-electron chi connectivity index (χ2n) is 3.70. The number of nitrogens with zero attached hydrogens (tertiary/aromatic N) is 1. The predicted molar refractivity (Wildman–Crippen MR) is 70.7 cm³/mol. The van der Waals surface area contributed by atoms with Crippen LogP contribution < -0.4 is 11.1 Å². The Labute approximate surface area is 112 Å². The van der Waals surface area contributed by atoms with Crippen molar-refractivity contribution in [2.45, 2.75) is 19.5 Å². The van der Waals surface area contributed by atoms with Gasteiger partial charge in [-0.25, -0.2) is 4.79 Å². The molecule has 94 valence electrons. The van der Waals surface area contributed by atoms with Crippen LogP contribution in [0.25, 0.3) is 0 Å². The number of carbonyl (C=O) groups excluding carboxylic acids is 2. The van der Waals surface area contributed by atoms with E-state index in [-0.39, 0.29) is 0 Å². The number of nitrogens with two attached hydrogens (primary N) is 1. The molecule has 3 N–H and O–H groups in total. The van der Waals surface area contributed by atoms with Gasteiger partial charge >= 0.3 is 6.03 Å². The summed E-state index contributed by atoms with van der Waals surface area (Å²) in [7, 11) is 1.82.